The van der Waals surface area contributed by atoms with Gasteiger partial charge in [-0.1, -0.05) is 65.7 Å². The van der Waals surface area contributed by atoms with Gasteiger partial charge < -0.3 is 4.90 Å². The summed E-state index contributed by atoms with van der Waals surface area (Å²) in [6.07, 6.45) is 0.985. The van der Waals surface area contributed by atoms with Crippen molar-refractivity contribution in [1.82, 2.24) is 0 Å². The Morgan fingerprint density at radius 2 is 1.21 bits per heavy atom. The fourth-order valence-electron chi connectivity index (χ4n) is 5.31. The van der Waals surface area contributed by atoms with Gasteiger partial charge in [0.2, 0.25) is 0 Å². The first-order valence-corrected chi connectivity index (χ1v) is 10.3. The second kappa shape index (κ2) is 5.84. The first-order chi connectivity index (χ1) is 14.1. The lowest BCUT2D eigenvalue weighted by molar-refractivity contribution is 1.08. The highest BCUT2D eigenvalue weighted by Crippen LogP contribution is 2.56. The van der Waals surface area contributed by atoms with Crippen LogP contribution in [0.25, 0.3) is 22.3 Å². The molecule has 29 heavy (non-hydrogen) atoms. The van der Waals surface area contributed by atoms with Crippen LogP contribution in [0, 0.1) is 20.8 Å². The van der Waals surface area contributed by atoms with Crippen LogP contribution in [0.1, 0.15) is 27.8 Å². The van der Waals surface area contributed by atoms with Crippen LogP contribution >= 0.6 is 0 Å². The summed E-state index contributed by atoms with van der Waals surface area (Å²) in [6.45, 7) is 6.68. The minimum atomic E-state index is 0.985. The summed E-state index contributed by atoms with van der Waals surface area (Å²) in [5.74, 6) is 0. The molecule has 2 aliphatic heterocycles. The molecule has 0 bridgehead atoms. The molecule has 0 aliphatic carbocycles. The number of nitrogens with zero attached hydrogens (tertiary/aromatic N) is 1. The minimum absolute atomic E-state index is 0.985. The Labute approximate surface area is 172 Å². The SMILES string of the molecule is Cc1cc(C)c2c(c1)-c1ccccc1-c1cc(C)cc3c1N2c1ccccc1C3. The molecule has 0 N–H and O–H groups in total. The molecular formula is C28H23N. The van der Waals surface area contributed by atoms with E-state index in [4.69, 9.17) is 0 Å². The lowest BCUT2D eigenvalue weighted by Crippen LogP contribution is -2.20. The highest BCUT2D eigenvalue weighted by molar-refractivity contribution is 6.05. The Bertz CT molecular complexity index is 1270. The van der Waals surface area contributed by atoms with E-state index >= 15 is 0 Å². The molecule has 4 aromatic rings. The van der Waals surface area contributed by atoms with E-state index in [0.29, 0.717) is 0 Å². The molecule has 0 saturated carbocycles. The van der Waals surface area contributed by atoms with E-state index in [1.165, 1.54) is 67.1 Å². The zero-order valence-corrected chi connectivity index (χ0v) is 17.1. The third kappa shape index (κ3) is 2.28. The molecule has 2 heterocycles. The summed E-state index contributed by atoms with van der Waals surface area (Å²) in [6, 6.07) is 27.2. The van der Waals surface area contributed by atoms with Crippen LogP contribution < -0.4 is 4.90 Å². The van der Waals surface area contributed by atoms with Gasteiger partial charge in [0.25, 0.3) is 0 Å². The van der Waals surface area contributed by atoms with E-state index in [2.05, 4.69) is 98.5 Å². The van der Waals surface area contributed by atoms with Gasteiger partial charge in [0.05, 0.1) is 11.4 Å². The van der Waals surface area contributed by atoms with E-state index in [-0.39, 0.29) is 0 Å². The molecule has 1 heteroatoms. The Morgan fingerprint density at radius 1 is 0.586 bits per heavy atom. The molecule has 0 amide bonds. The van der Waals surface area contributed by atoms with Gasteiger partial charge in [0, 0.05) is 23.2 Å². The molecule has 4 aromatic carbocycles. The van der Waals surface area contributed by atoms with Crippen LogP contribution in [-0.4, -0.2) is 0 Å². The molecule has 6 rings (SSSR count). The summed E-state index contributed by atoms with van der Waals surface area (Å²) in [5.41, 5.74) is 16.1. The maximum Gasteiger partial charge on any atom is 0.0576 e. The second-order valence-electron chi connectivity index (χ2n) is 8.48. The molecule has 0 spiro atoms. The predicted octanol–water partition coefficient (Wildman–Crippen LogP) is 7.63. The fraction of sp³-hybridized carbons (Fsp3) is 0.143. The second-order valence-corrected chi connectivity index (χ2v) is 8.48. The zero-order chi connectivity index (χ0) is 19.7. The normalized spacial score (nSPS) is 13.1. The highest BCUT2D eigenvalue weighted by Gasteiger charge is 2.33. The van der Waals surface area contributed by atoms with Crippen LogP contribution in [0.2, 0.25) is 0 Å². The maximum absolute atomic E-state index is 2.53. The van der Waals surface area contributed by atoms with Gasteiger partial charge in [-0.3, -0.25) is 0 Å². The Balaban J connectivity index is 1.85. The Kier molecular flexibility index (Phi) is 3.35. The minimum Gasteiger partial charge on any atom is -0.308 e. The molecule has 0 atom stereocenters. The van der Waals surface area contributed by atoms with Crippen molar-refractivity contribution in [2.75, 3.05) is 4.90 Å². The standard InChI is InChI=1S/C28H23N/c1-17-12-19(3)27-24(14-17)22-9-5-6-10-23(22)25-15-18(2)13-21-16-20-8-4-7-11-26(20)29(27)28(21)25/h4-15H,16H2,1-3H3. The molecule has 0 unspecified atom stereocenters. The van der Waals surface area contributed by atoms with Crippen LogP contribution in [0.4, 0.5) is 17.1 Å². The van der Waals surface area contributed by atoms with Crippen LogP contribution in [0.5, 0.6) is 0 Å². The number of anilines is 3. The van der Waals surface area contributed by atoms with Crippen molar-refractivity contribution in [3.05, 3.63) is 101 Å². The van der Waals surface area contributed by atoms with Crippen LogP contribution in [-0.2, 0) is 6.42 Å². The summed E-state index contributed by atoms with van der Waals surface area (Å²) in [4.78, 5) is 2.53. The van der Waals surface area contributed by atoms with Gasteiger partial charge in [-0.15, -0.1) is 0 Å². The number of benzene rings is 4. The van der Waals surface area contributed by atoms with E-state index in [9.17, 15) is 0 Å². The van der Waals surface area contributed by atoms with Crippen molar-refractivity contribution in [3.8, 4) is 22.3 Å². The highest BCUT2D eigenvalue weighted by atomic mass is 15.2. The topological polar surface area (TPSA) is 3.24 Å². The first kappa shape index (κ1) is 16.6. The first-order valence-electron chi connectivity index (χ1n) is 10.3. The van der Waals surface area contributed by atoms with E-state index in [0.717, 1.165) is 6.42 Å². The lowest BCUT2D eigenvalue weighted by atomic mass is 9.89. The number of hydrogen-bond acceptors (Lipinski definition) is 1. The zero-order valence-electron chi connectivity index (χ0n) is 17.1. The molecule has 0 saturated heterocycles. The molecule has 0 fully saturated rings. The quantitative estimate of drug-likeness (QED) is 0.264. The summed E-state index contributed by atoms with van der Waals surface area (Å²) >= 11 is 0. The van der Waals surface area contributed by atoms with E-state index in [1.807, 2.05) is 0 Å². The largest absolute Gasteiger partial charge is 0.308 e. The summed E-state index contributed by atoms with van der Waals surface area (Å²) < 4.78 is 0. The van der Waals surface area contributed by atoms with E-state index < -0.39 is 0 Å². The average Bonchev–Trinajstić information content (AvgIpc) is 2.83. The van der Waals surface area contributed by atoms with Gasteiger partial charge in [-0.05, 0) is 66.8 Å². The molecular weight excluding hydrogens is 350 g/mol. The van der Waals surface area contributed by atoms with Crippen molar-refractivity contribution in [2.24, 2.45) is 0 Å². The summed E-state index contributed by atoms with van der Waals surface area (Å²) in [7, 11) is 0. The van der Waals surface area contributed by atoms with Crippen LogP contribution in [0.3, 0.4) is 0 Å². The van der Waals surface area contributed by atoms with Crippen molar-refractivity contribution in [1.29, 1.82) is 0 Å². The number of rotatable bonds is 0. The molecule has 2 aliphatic rings. The molecule has 0 radical (unpaired) electrons. The fourth-order valence-corrected chi connectivity index (χ4v) is 5.31. The number of aryl methyl sites for hydroxylation is 3. The maximum atomic E-state index is 2.53. The molecule has 1 nitrogen and oxygen atoms in total. The third-order valence-corrected chi connectivity index (χ3v) is 6.35. The number of para-hydroxylation sites is 1. The average molecular weight is 373 g/mol. The molecule has 0 aromatic heterocycles. The van der Waals surface area contributed by atoms with Gasteiger partial charge in [-0.2, -0.15) is 0 Å². The number of fused-ring (bicyclic) bond motifs is 7. The van der Waals surface area contributed by atoms with Crippen molar-refractivity contribution in [2.45, 2.75) is 27.2 Å². The van der Waals surface area contributed by atoms with E-state index in [1.54, 1.807) is 0 Å². The molecule has 140 valence electrons. The van der Waals surface area contributed by atoms with Crippen molar-refractivity contribution >= 4 is 17.1 Å². The van der Waals surface area contributed by atoms with Crippen molar-refractivity contribution in [3.63, 3.8) is 0 Å². The Hall–Kier alpha value is -3.32. The van der Waals surface area contributed by atoms with Gasteiger partial charge in [-0.25, -0.2) is 0 Å². The van der Waals surface area contributed by atoms with Crippen molar-refractivity contribution < 1.29 is 0 Å². The monoisotopic (exact) mass is 373 g/mol. The van der Waals surface area contributed by atoms with Gasteiger partial charge in [0.1, 0.15) is 0 Å². The number of hydrogen-bond donors (Lipinski definition) is 0. The van der Waals surface area contributed by atoms with Crippen LogP contribution in [0.15, 0.2) is 72.8 Å². The Morgan fingerprint density at radius 3 is 1.97 bits per heavy atom. The van der Waals surface area contributed by atoms with Gasteiger partial charge >= 0.3 is 0 Å². The van der Waals surface area contributed by atoms with Gasteiger partial charge in [0.15, 0.2) is 0 Å². The third-order valence-electron chi connectivity index (χ3n) is 6.35. The summed E-state index contributed by atoms with van der Waals surface area (Å²) in [5, 5.41) is 0. The predicted molar refractivity (Wildman–Crippen MR) is 123 cm³/mol. The smallest absolute Gasteiger partial charge is 0.0576 e. The lowest BCUT2D eigenvalue weighted by Gasteiger charge is -2.36.